The second-order valence-corrected chi connectivity index (χ2v) is 9.36. The maximum Gasteiger partial charge on any atom is 0.294 e. The Hall–Kier alpha value is -0.338. The highest BCUT2D eigenvalue weighted by molar-refractivity contribution is 7.85. The second kappa shape index (κ2) is 7.96. The fourth-order valence-electron chi connectivity index (χ4n) is 1.62. The fourth-order valence-corrected chi connectivity index (χ4v) is 3.88. The Bertz CT molecular complexity index is 447. The number of rotatable bonds is 3. The van der Waals surface area contributed by atoms with E-state index in [2.05, 4.69) is 27.7 Å². The standard InChI is InChI=1S/C7H8O3S.2C3H7.Al/c1-6-4-2-3-5-7(6)11(8,9)10;2*1-3-2;/h2-5H,1H3,(H,8,9,10);2*3H,1-2H3;. The van der Waals surface area contributed by atoms with Crippen molar-refractivity contribution in [3.05, 3.63) is 29.8 Å². The molecular weight excluding hydrogens is 263 g/mol. The minimum Gasteiger partial charge on any atom is -0.282 e. The van der Waals surface area contributed by atoms with Gasteiger partial charge in [0.05, 0.1) is 4.90 Å². The summed E-state index contributed by atoms with van der Waals surface area (Å²) >= 11 is 0.713. The molecule has 0 unspecified atom stereocenters. The zero-order valence-corrected chi connectivity index (χ0v) is 13.7. The molecule has 0 saturated carbocycles. The van der Waals surface area contributed by atoms with E-state index in [1.54, 1.807) is 25.1 Å². The third-order valence-corrected chi connectivity index (χ3v) is 4.69. The minimum absolute atomic E-state index is 0.0278. The average molecular weight is 285 g/mol. The summed E-state index contributed by atoms with van der Waals surface area (Å²) in [5.41, 5.74) is 0.551. The van der Waals surface area contributed by atoms with Crippen LogP contribution in [0.4, 0.5) is 0 Å². The van der Waals surface area contributed by atoms with Crippen LogP contribution < -0.4 is 0 Å². The predicted octanol–water partition coefficient (Wildman–Crippen LogP) is 3.59. The number of aryl methyl sites for hydroxylation is 1. The molecule has 0 aliphatic rings. The lowest BCUT2D eigenvalue weighted by molar-refractivity contribution is 0.482. The third kappa shape index (κ3) is 7.89. The van der Waals surface area contributed by atoms with Gasteiger partial charge in [0.1, 0.15) is 0 Å². The third-order valence-electron chi connectivity index (χ3n) is 2.14. The molecule has 0 atom stereocenters. The summed E-state index contributed by atoms with van der Waals surface area (Å²) in [6.45, 7) is 10.8. The van der Waals surface area contributed by atoms with Crippen LogP contribution in [0.3, 0.4) is 0 Å². The molecule has 3 nitrogen and oxygen atoms in total. The van der Waals surface area contributed by atoms with Crippen LogP contribution in [0.2, 0.25) is 9.56 Å². The lowest BCUT2D eigenvalue weighted by Gasteiger charge is -2.02. The van der Waals surface area contributed by atoms with Gasteiger partial charge in [0.25, 0.3) is 10.1 Å². The number of hydrogen-bond acceptors (Lipinski definition) is 2. The number of hydrogen-bond donors (Lipinski definition) is 1. The first kappa shape index (κ1) is 17.7. The Morgan fingerprint density at radius 3 is 1.72 bits per heavy atom. The first-order valence-electron chi connectivity index (χ1n) is 6.02. The molecule has 0 spiro atoms. The minimum atomic E-state index is -4.03. The van der Waals surface area contributed by atoms with Gasteiger partial charge in [-0.1, -0.05) is 55.5 Å². The molecule has 1 aromatic carbocycles. The van der Waals surface area contributed by atoms with E-state index >= 15 is 0 Å². The van der Waals surface area contributed by atoms with E-state index in [1.807, 2.05) is 0 Å². The summed E-state index contributed by atoms with van der Waals surface area (Å²) in [4.78, 5) is -0.0278. The van der Waals surface area contributed by atoms with Crippen molar-refractivity contribution in [2.45, 2.75) is 49.1 Å². The molecule has 0 heterocycles. The van der Waals surface area contributed by atoms with Gasteiger partial charge in [-0.2, -0.15) is 8.42 Å². The first-order chi connectivity index (χ1) is 8.14. The molecule has 1 radical (unpaired) electrons. The molecule has 101 valence electrons. The van der Waals surface area contributed by atoms with Crippen molar-refractivity contribution < 1.29 is 13.0 Å². The van der Waals surface area contributed by atoms with Gasteiger partial charge in [0, 0.05) is 0 Å². The van der Waals surface area contributed by atoms with Gasteiger partial charge in [-0.25, -0.2) is 0 Å². The monoisotopic (exact) mass is 285 g/mol. The summed E-state index contributed by atoms with van der Waals surface area (Å²) in [5, 5.41) is 0. The Morgan fingerprint density at radius 2 is 1.50 bits per heavy atom. The fraction of sp³-hybridized carbons (Fsp3) is 0.538. The van der Waals surface area contributed by atoms with E-state index in [9.17, 15) is 8.42 Å². The van der Waals surface area contributed by atoms with E-state index in [0.717, 1.165) is 9.56 Å². The molecule has 1 aromatic rings. The van der Waals surface area contributed by atoms with Crippen LogP contribution in [0.25, 0.3) is 0 Å². The Balaban J connectivity index is 0.000000360. The van der Waals surface area contributed by atoms with Crippen LogP contribution in [0.1, 0.15) is 33.3 Å². The predicted molar refractivity (Wildman–Crippen MR) is 76.9 cm³/mol. The van der Waals surface area contributed by atoms with Gasteiger partial charge in [0.2, 0.25) is 15.2 Å². The Labute approximate surface area is 117 Å². The second-order valence-electron chi connectivity index (χ2n) is 4.92. The van der Waals surface area contributed by atoms with E-state index in [4.69, 9.17) is 4.55 Å². The van der Waals surface area contributed by atoms with Crippen LogP contribution >= 0.6 is 0 Å². The van der Waals surface area contributed by atoms with Crippen molar-refractivity contribution in [2.75, 3.05) is 0 Å². The van der Waals surface area contributed by atoms with Gasteiger partial charge in [0.15, 0.2) is 0 Å². The zero-order chi connectivity index (χ0) is 14.3. The maximum absolute atomic E-state index is 10.6. The lowest BCUT2D eigenvalue weighted by Crippen LogP contribution is -1.99. The quantitative estimate of drug-likeness (QED) is 0.682. The van der Waals surface area contributed by atoms with Gasteiger partial charge in [-0.3, -0.25) is 4.55 Å². The molecule has 0 aliphatic carbocycles. The molecule has 0 bridgehead atoms. The van der Waals surface area contributed by atoms with Crippen molar-refractivity contribution in [2.24, 2.45) is 0 Å². The van der Waals surface area contributed by atoms with Crippen LogP contribution in [0, 0.1) is 6.92 Å². The summed E-state index contributed by atoms with van der Waals surface area (Å²) in [7, 11) is -4.03. The van der Waals surface area contributed by atoms with Crippen molar-refractivity contribution in [3.63, 3.8) is 0 Å². The van der Waals surface area contributed by atoms with E-state index in [-0.39, 0.29) is 4.90 Å². The smallest absolute Gasteiger partial charge is 0.282 e. The van der Waals surface area contributed by atoms with Gasteiger partial charge >= 0.3 is 0 Å². The molecular formula is C13H22AlO3S. The summed E-state index contributed by atoms with van der Waals surface area (Å²) in [5.74, 6) is 0. The first-order valence-corrected chi connectivity index (χ1v) is 8.80. The van der Waals surface area contributed by atoms with Crippen molar-refractivity contribution in [3.8, 4) is 0 Å². The van der Waals surface area contributed by atoms with E-state index < -0.39 is 10.1 Å². The lowest BCUT2D eigenvalue weighted by atomic mass is 10.2. The van der Waals surface area contributed by atoms with Crippen molar-refractivity contribution in [1.29, 1.82) is 0 Å². The summed E-state index contributed by atoms with van der Waals surface area (Å²) in [6, 6.07) is 6.27. The van der Waals surface area contributed by atoms with Crippen molar-refractivity contribution >= 4 is 25.3 Å². The van der Waals surface area contributed by atoms with E-state index in [1.165, 1.54) is 6.07 Å². The molecule has 0 saturated heterocycles. The topological polar surface area (TPSA) is 54.4 Å². The molecule has 0 fully saturated rings. The molecule has 1 rings (SSSR count). The largest absolute Gasteiger partial charge is 0.294 e. The van der Waals surface area contributed by atoms with Gasteiger partial charge in [-0.15, -0.1) is 0 Å². The zero-order valence-electron chi connectivity index (χ0n) is 11.7. The molecule has 1 N–H and O–H groups in total. The van der Waals surface area contributed by atoms with Crippen LogP contribution in [-0.2, 0) is 10.1 Å². The van der Waals surface area contributed by atoms with Crippen LogP contribution in [0.5, 0.6) is 0 Å². The molecule has 0 aromatic heterocycles. The van der Waals surface area contributed by atoms with Gasteiger partial charge in [-0.05, 0) is 18.6 Å². The molecule has 0 amide bonds. The highest BCUT2D eigenvalue weighted by Crippen LogP contribution is 2.12. The molecule has 18 heavy (non-hydrogen) atoms. The van der Waals surface area contributed by atoms with Crippen LogP contribution in [-0.4, -0.2) is 28.2 Å². The summed E-state index contributed by atoms with van der Waals surface area (Å²) in [6.07, 6.45) is 0. The summed E-state index contributed by atoms with van der Waals surface area (Å²) < 4.78 is 31.8. The normalized spacial score (nSPS) is 11.1. The molecule has 0 aliphatic heterocycles. The SMILES string of the molecule is C[CH](C)[Al][CH](C)C.Cc1ccccc1S(=O)(=O)O. The Morgan fingerprint density at radius 1 is 1.06 bits per heavy atom. The highest BCUT2D eigenvalue weighted by Gasteiger charge is 2.10. The molecule has 5 heteroatoms. The highest BCUT2D eigenvalue weighted by atomic mass is 32.2. The average Bonchev–Trinajstić information content (AvgIpc) is 2.14. The maximum atomic E-state index is 10.6. The van der Waals surface area contributed by atoms with Gasteiger partial charge < -0.3 is 0 Å². The van der Waals surface area contributed by atoms with Crippen molar-refractivity contribution in [1.82, 2.24) is 0 Å². The number of benzene rings is 1. The Kier molecular flexibility index (Phi) is 7.81. The van der Waals surface area contributed by atoms with E-state index in [0.29, 0.717) is 20.8 Å². The van der Waals surface area contributed by atoms with Crippen LogP contribution in [0.15, 0.2) is 29.2 Å².